The maximum Gasteiger partial charge on any atom is 0.309 e. The van der Waals surface area contributed by atoms with Crippen molar-refractivity contribution in [2.75, 3.05) is 24.6 Å². The van der Waals surface area contributed by atoms with Gasteiger partial charge in [0, 0.05) is 43.7 Å². The first-order chi connectivity index (χ1) is 18.2. The van der Waals surface area contributed by atoms with E-state index in [0.717, 1.165) is 0 Å². The number of carbonyl (C=O) groups is 2. The standard InChI is InChI=1S/C28H35F2N3O6/c1-16-23(17-5-6-21-19(13-17)33(11-12-39-21)15-27(2,3)38)20(14-22(34)35)32(4)26(37)24(16)25(36)31-18-7-9-28(29,30)10-8-18/h5-6,13,18,38H,7-12,14-15H2,1-4H3,(H,31,36)(H,34,35). The fraction of sp³-hybridized carbons (Fsp3) is 0.536. The summed E-state index contributed by atoms with van der Waals surface area (Å²) in [6.07, 6.45) is -0.928. The maximum absolute atomic E-state index is 13.6. The molecule has 0 bridgehead atoms. The lowest BCUT2D eigenvalue weighted by atomic mass is 9.90. The number of pyridine rings is 1. The van der Waals surface area contributed by atoms with Crippen LogP contribution in [0.25, 0.3) is 11.1 Å². The van der Waals surface area contributed by atoms with E-state index in [-0.39, 0.29) is 36.9 Å². The van der Waals surface area contributed by atoms with Gasteiger partial charge in [-0.25, -0.2) is 8.78 Å². The second kappa shape index (κ2) is 10.6. The Morgan fingerprint density at radius 1 is 1.23 bits per heavy atom. The number of aromatic nitrogens is 1. The first-order valence-corrected chi connectivity index (χ1v) is 13.0. The molecular formula is C28H35F2N3O6. The monoisotopic (exact) mass is 547 g/mol. The van der Waals surface area contributed by atoms with Crippen LogP contribution in [-0.4, -0.2) is 63.9 Å². The normalized spacial score (nSPS) is 17.4. The molecule has 1 aromatic heterocycles. The highest BCUT2D eigenvalue weighted by molar-refractivity contribution is 5.98. The Hall–Kier alpha value is -3.47. The van der Waals surface area contributed by atoms with Crippen molar-refractivity contribution in [2.45, 2.75) is 70.4 Å². The molecule has 1 amide bonds. The minimum absolute atomic E-state index is 0.101. The van der Waals surface area contributed by atoms with E-state index in [4.69, 9.17) is 4.74 Å². The topological polar surface area (TPSA) is 121 Å². The molecule has 0 atom stereocenters. The lowest BCUT2D eigenvalue weighted by molar-refractivity contribution is -0.136. The van der Waals surface area contributed by atoms with E-state index in [1.807, 2.05) is 11.0 Å². The predicted molar refractivity (Wildman–Crippen MR) is 142 cm³/mol. The summed E-state index contributed by atoms with van der Waals surface area (Å²) in [6, 6.07) is 4.82. The minimum Gasteiger partial charge on any atom is -0.490 e. The van der Waals surface area contributed by atoms with Crippen molar-refractivity contribution in [1.29, 1.82) is 0 Å². The van der Waals surface area contributed by atoms with Crippen LogP contribution in [0, 0.1) is 6.92 Å². The van der Waals surface area contributed by atoms with Gasteiger partial charge < -0.3 is 29.7 Å². The largest absolute Gasteiger partial charge is 0.490 e. The van der Waals surface area contributed by atoms with Gasteiger partial charge in [0.05, 0.1) is 24.3 Å². The van der Waals surface area contributed by atoms with Crippen molar-refractivity contribution in [2.24, 2.45) is 7.05 Å². The van der Waals surface area contributed by atoms with Gasteiger partial charge in [-0.05, 0) is 56.9 Å². The number of anilines is 1. The number of nitrogens with zero attached hydrogens (tertiary/aromatic N) is 2. The van der Waals surface area contributed by atoms with Crippen molar-refractivity contribution in [1.82, 2.24) is 9.88 Å². The average molecular weight is 548 g/mol. The zero-order chi connectivity index (χ0) is 28.7. The van der Waals surface area contributed by atoms with Gasteiger partial charge in [-0.3, -0.25) is 14.4 Å². The molecule has 0 radical (unpaired) electrons. The molecule has 39 heavy (non-hydrogen) atoms. The van der Waals surface area contributed by atoms with Gasteiger partial charge in [0.15, 0.2) is 0 Å². The van der Waals surface area contributed by atoms with E-state index in [1.165, 1.54) is 11.6 Å². The number of halogens is 2. The Balaban J connectivity index is 1.81. The molecule has 0 saturated heterocycles. The number of carbonyl (C=O) groups excluding carboxylic acids is 1. The number of nitrogens with one attached hydrogen (secondary N) is 1. The van der Waals surface area contributed by atoms with Crippen molar-refractivity contribution >= 4 is 17.6 Å². The molecule has 2 aliphatic rings. The molecule has 2 aromatic rings. The number of carboxylic acid groups (broad SMARTS) is 1. The molecule has 0 unspecified atom stereocenters. The molecule has 9 nitrogen and oxygen atoms in total. The molecule has 2 heterocycles. The van der Waals surface area contributed by atoms with Crippen LogP contribution in [0.1, 0.15) is 61.1 Å². The number of aliphatic carboxylic acids is 1. The average Bonchev–Trinajstić information content (AvgIpc) is 2.83. The zero-order valence-corrected chi connectivity index (χ0v) is 22.6. The number of benzene rings is 1. The van der Waals surface area contributed by atoms with Crippen LogP contribution in [0.2, 0.25) is 0 Å². The number of β-amino-alcohol motifs (C(OH)–C–C–N with tert-alkyl or cyclic N) is 1. The summed E-state index contributed by atoms with van der Waals surface area (Å²) in [7, 11) is 1.42. The fourth-order valence-corrected chi connectivity index (χ4v) is 5.46. The van der Waals surface area contributed by atoms with E-state index < -0.39 is 41.4 Å². The maximum atomic E-state index is 13.6. The molecule has 0 spiro atoms. The summed E-state index contributed by atoms with van der Waals surface area (Å²) in [4.78, 5) is 40.4. The number of carboxylic acids is 1. The molecule has 3 N–H and O–H groups in total. The van der Waals surface area contributed by atoms with Crippen LogP contribution < -0.4 is 20.5 Å². The summed E-state index contributed by atoms with van der Waals surface area (Å²) < 4.78 is 34.2. The third-order valence-electron chi connectivity index (χ3n) is 7.34. The second-order valence-corrected chi connectivity index (χ2v) is 11.1. The smallest absolute Gasteiger partial charge is 0.309 e. The highest BCUT2D eigenvalue weighted by Crippen LogP contribution is 2.39. The van der Waals surface area contributed by atoms with Crippen LogP contribution in [-0.2, 0) is 18.3 Å². The quantitative estimate of drug-likeness (QED) is 0.487. The molecule has 1 aliphatic heterocycles. The highest BCUT2D eigenvalue weighted by atomic mass is 19.3. The van der Waals surface area contributed by atoms with Gasteiger partial charge in [0.25, 0.3) is 11.5 Å². The number of ether oxygens (including phenoxy) is 1. The van der Waals surface area contributed by atoms with Gasteiger partial charge in [-0.15, -0.1) is 0 Å². The molecule has 212 valence electrons. The van der Waals surface area contributed by atoms with Crippen LogP contribution >= 0.6 is 0 Å². The van der Waals surface area contributed by atoms with Gasteiger partial charge in [-0.1, -0.05) is 6.07 Å². The number of alkyl halides is 2. The van der Waals surface area contributed by atoms with Crippen LogP contribution in [0.3, 0.4) is 0 Å². The third-order valence-corrected chi connectivity index (χ3v) is 7.34. The van der Waals surface area contributed by atoms with Crippen molar-refractivity contribution in [3.05, 3.63) is 45.4 Å². The SMILES string of the molecule is Cc1c(-c2ccc3c(c2)N(CC(C)(C)O)CCO3)c(CC(=O)O)n(C)c(=O)c1C(=O)NC1CCC(F)(F)CC1. The molecule has 1 aliphatic carbocycles. The summed E-state index contributed by atoms with van der Waals surface area (Å²) in [5.41, 5.74) is 0.442. The van der Waals surface area contributed by atoms with Gasteiger partial charge in [0.1, 0.15) is 17.9 Å². The fourth-order valence-electron chi connectivity index (χ4n) is 5.46. The van der Waals surface area contributed by atoms with Crippen LogP contribution in [0.4, 0.5) is 14.5 Å². The summed E-state index contributed by atoms with van der Waals surface area (Å²) in [5, 5.41) is 22.8. The van der Waals surface area contributed by atoms with E-state index in [2.05, 4.69) is 5.32 Å². The molecule has 1 aromatic carbocycles. The van der Waals surface area contributed by atoms with Crippen molar-refractivity contribution < 1.29 is 33.3 Å². The molecular weight excluding hydrogens is 512 g/mol. The number of amides is 1. The first kappa shape index (κ1) is 28.5. The zero-order valence-electron chi connectivity index (χ0n) is 22.6. The van der Waals surface area contributed by atoms with Gasteiger partial charge in [-0.2, -0.15) is 0 Å². The highest BCUT2D eigenvalue weighted by Gasteiger charge is 2.36. The summed E-state index contributed by atoms with van der Waals surface area (Å²) in [5.74, 6) is -3.97. The Labute approximate surface area is 225 Å². The van der Waals surface area contributed by atoms with Gasteiger partial charge in [0.2, 0.25) is 5.92 Å². The minimum atomic E-state index is -2.76. The number of hydrogen-bond donors (Lipinski definition) is 3. The molecule has 4 rings (SSSR count). The molecule has 1 saturated carbocycles. The molecule has 11 heteroatoms. The number of fused-ring (bicyclic) bond motifs is 1. The summed E-state index contributed by atoms with van der Waals surface area (Å²) in [6.45, 7) is 6.29. The van der Waals surface area contributed by atoms with Crippen LogP contribution in [0.15, 0.2) is 23.0 Å². The van der Waals surface area contributed by atoms with E-state index in [9.17, 15) is 33.4 Å². The summed E-state index contributed by atoms with van der Waals surface area (Å²) >= 11 is 0. The Morgan fingerprint density at radius 2 is 1.90 bits per heavy atom. The van der Waals surface area contributed by atoms with E-state index >= 15 is 0 Å². The Kier molecular flexibility index (Phi) is 7.75. The van der Waals surface area contributed by atoms with E-state index in [1.54, 1.807) is 32.9 Å². The van der Waals surface area contributed by atoms with Crippen molar-refractivity contribution in [3.63, 3.8) is 0 Å². The van der Waals surface area contributed by atoms with Gasteiger partial charge >= 0.3 is 5.97 Å². The Morgan fingerprint density at radius 3 is 2.51 bits per heavy atom. The lowest BCUT2D eigenvalue weighted by Gasteiger charge is -2.35. The number of aliphatic hydroxyl groups is 1. The molecule has 1 fully saturated rings. The first-order valence-electron chi connectivity index (χ1n) is 13.0. The number of rotatable bonds is 7. The predicted octanol–water partition coefficient (Wildman–Crippen LogP) is 3.27. The third kappa shape index (κ3) is 6.24. The van der Waals surface area contributed by atoms with Crippen molar-refractivity contribution in [3.8, 4) is 16.9 Å². The van der Waals surface area contributed by atoms with Crippen LogP contribution in [0.5, 0.6) is 5.75 Å². The Bertz CT molecular complexity index is 1340. The van der Waals surface area contributed by atoms with E-state index in [0.29, 0.717) is 47.8 Å². The lowest BCUT2D eigenvalue weighted by Crippen LogP contribution is -2.43. The second-order valence-electron chi connectivity index (χ2n) is 11.1. The number of hydrogen-bond acceptors (Lipinski definition) is 6.